The maximum absolute atomic E-state index is 12.8. The number of rotatable bonds is 3. The van der Waals surface area contributed by atoms with Crippen LogP contribution in [-0.2, 0) is 0 Å². The van der Waals surface area contributed by atoms with Gasteiger partial charge in [-0.05, 0) is 43.3 Å². The van der Waals surface area contributed by atoms with Crippen molar-refractivity contribution in [3.63, 3.8) is 0 Å². The Labute approximate surface area is 128 Å². The molecule has 0 aliphatic rings. The van der Waals surface area contributed by atoms with Gasteiger partial charge in [-0.2, -0.15) is 5.26 Å². The maximum atomic E-state index is 12.8. The van der Waals surface area contributed by atoms with Gasteiger partial charge in [0.05, 0.1) is 24.3 Å². The van der Waals surface area contributed by atoms with Crippen LogP contribution in [0.15, 0.2) is 42.5 Å². The largest absolute Gasteiger partial charge is 0.497 e. The minimum absolute atomic E-state index is 0.0453. The number of hydrogen-bond donors (Lipinski definition) is 1. The Bertz CT molecular complexity index is 899. The van der Waals surface area contributed by atoms with Gasteiger partial charge in [0.15, 0.2) is 5.78 Å². The summed E-state index contributed by atoms with van der Waals surface area (Å²) in [5, 5.41) is 9.80. The van der Waals surface area contributed by atoms with Crippen molar-refractivity contribution in [2.45, 2.75) is 6.92 Å². The number of aromatic amines is 1. The summed E-state index contributed by atoms with van der Waals surface area (Å²) in [6.45, 7) is 1.86. The number of methoxy groups -OCH3 is 1. The summed E-state index contributed by atoms with van der Waals surface area (Å²) >= 11 is 0. The van der Waals surface area contributed by atoms with Crippen molar-refractivity contribution in [2.75, 3.05) is 7.11 Å². The SMILES string of the molecule is COc1ccc(C(=O)c2c(C)[nH]c3cc(C#N)ccc23)cc1. The highest BCUT2D eigenvalue weighted by atomic mass is 16.5. The lowest BCUT2D eigenvalue weighted by Crippen LogP contribution is -2.02. The molecule has 4 heteroatoms. The minimum Gasteiger partial charge on any atom is -0.497 e. The van der Waals surface area contributed by atoms with Crippen LogP contribution in [0.4, 0.5) is 0 Å². The standard InChI is InChI=1S/C18H14N2O2/c1-11-17(15-8-3-12(10-19)9-16(15)20-11)18(21)13-4-6-14(22-2)7-5-13/h3-9,20H,1-2H3. The number of ketones is 1. The van der Waals surface area contributed by atoms with Crippen LogP contribution in [0.25, 0.3) is 10.9 Å². The molecule has 0 aliphatic heterocycles. The molecule has 0 saturated heterocycles. The molecular formula is C18H14N2O2. The van der Waals surface area contributed by atoms with Gasteiger partial charge in [-0.25, -0.2) is 0 Å². The average molecular weight is 290 g/mol. The molecule has 2 aromatic carbocycles. The summed E-state index contributed by atoms with van der Waals surface area (Å²) in [6, 6.07) is 14.4. The van der Waals surface area contributed by atoms with Gasteiger partial charge >= 0.3 is 0 Å². The van der Waals surface area contributed by atoms with Crippen LogP contribution in [0.5, 0.6) is 5.75 Å². The van der Waals surface area contributed by atoms with E-state index in [-0.39, 0.29) is 5.78 Å². The van der Waals surface area contributed by atoms with Gasteiger partial charge in [0.1, 0.15) is 5.75 Å². The summed E-state index contributed by atoms with van der Waals surface area (Å²) in [6.07, 6.45) is 0. The highest BCUT2D eigenvalue weighted by Gasteiger charge is 2.18. The lowest BCUT2D eigenvalue weighted by Gasteiger charge is -2.03. The van der Waals surface area contributed by atoms with Gasteiger partial charge in [0, 0.05) is 22.2 Å². The van der Waals surface area contributed by atoms with Crippen LogP contribution in [0.2, 0.25) is 0 Å². The first-order valence-electron chi connectivity index (χ1n) is 6.85. The third-order valence-electron chi connectivity index (χ3n) is 3.69. The van der Waals surface area contributed by atoms with E-state index in [1.165, 1.54) is 0 Å². The molecule has 3 aromatic rings. The van der Waals surface area contributed by atoms with E-state index >= 15 is 0 Å². The van der Waals surface area contributed by atoms with Crippen molar-refractivity contribution < 1.29 is 9.53 Å². The monoisotopic (exact) mass is 290 g/mol. The smallest absolute Gasteiger partial charge is 0.195 e. The normalized spacial score (nSPS) is 10.4. The summed E-state index contributed by atoms with van der Waals surface area (Å²) in [4.78, 5) is 15.9. The number of nitrogens with one attached hydrogen (secondary N) is 1. The van der Waals surface area contributed by atoms with Crippen molar-refractivity contribution in [1.82, 2.24) is 4.98 Å². The summed E-state index contributed by atoms with van der Waals surface area (Å²) in [7, 11) is 1.59. The third-order valence-corrected chi connectivity index (χ3v) is 3.69. The fourth-order valence-electron chi connectivity index (χ4n) is 2.58. The van der Waals surface area contributed by atoms with Crippen LogP contribution in [0, 0.1) is 18.3 Å². The Morgan fingerprint density at radius 2 is 1.91 bits per heavy atom. The summed E-state index contributed by atoms with van der Waals surface area (Å²) in [5.74, 6) is 0.668. The van der Waals surface area contributed by atoms with Crippen molar-refractivity contribution in [3.05, 3.63) is 64.8 Å². The molecule has 22 heavy (non-hydrogen) atoms. The number of nitrogens with zero attached hydrogens (tertiary/aromatic N) is 1. The Morgan fingerprint density at radius 3 is 2.55 bits per heavy atom. The Morgan fingerprint density at radius 1 is 1.18 bits per heavy atom. The van der Waals surface area contributed by atoms with Crippen LogP contribution in [-0.4, -0.2) is 17.9 Å². The summed E-state index contributed by atoms with van der Waals surface area (Å²) < 4.78 is 5.11. The van der Waals surface area contributed by atoms with Gasteiger partial charge in [0.2, 0.25) is 0 Å². The molecule has 3 rings (SSSR count). The van der Waals surface area contributed by atoms with E-state index in [0.717, 1.165) is 16.6 Å². The molecule has 1 aromatic heterocycles. The molecule has 0 amide bonds. The zero-order chi connectivity index (χ0) is 15.7. The van der Waals surface area contributed by atoms with Crippen LogP contribution >= 0.6 is 0 Å². The zero-order valence-corrected chi connectivity index (χ0v) is 12.3. The molecule has 108 valence electrons. The number of H-pyrrole nitrogens is 1. The van der Waals surface area contributed by atoms with E-state index < -0.39 is 0 Å². The molecule has 0 atom stereocenters. The van der Waals surface area contributed by atoms with E-state index in [1.54, 1.807) is 43.5 Å². The number of aryl methyl sites for hydroxylation is 1. The quantitative estimate of drug-likeness (QED) is 0.750. The van der Waals surface area contributed by atoms with E-state index in [0.29, 0.717) is 22.4 Å². The van der Waals surface area contributed by atoms with Crippen molar-refractivity contribution in [1.29, 1.82) is 5.26 Å². The van der Waals surface area contributed by atoms with Crippen LogP contribution in [0.1, 0.15) is 27.2 Å². The number of aromatic nitrogens is 1. The van der Waals surface area contributed by atoms with Crippen LogP contribution < -0.4 is 4.74 Å². The number of ether oxygens (including phenoxy) is 1. The predicted octanol–water partition coefficient (Wildman–Crippen LogP) is 3.59. The highest BCUT2D eigenvalue weighted by molar-refractivity contribution is 6.17. The first kappa shape index (κ1) is 13.9. The minimum atomic E-state index is -0.0453. The molecular weight excluding hydrogens is 276 g/mol. The Balaban J connectivity index is 2.10. The van der Waals surface area contributed by atoms with Crippen LogP contribution in [0.3, 0.4) is 0 Å². The lowest BCUT2D eigenvalue weighted by molar-refractivity contribution is 0.103. The number of carbonyl (C=O) groups excluding carboxylic acids is 1. The zero-order valence-electron chi connectivity index (χ0n) is 12.3. The maximum Gasteiger partial charge on any atom is 0.195 e. The van der Waals surface area contributed by atoms with E-state index in [9.17, 15) is 4.79 Å². The van der Waals surface area contributed by atoms with Gasteiger partial charge < -0.3 is 9.72 Å². The fourth-order valence-corrected chi connectivity index (χ4v) is 2.58. The molecule has 0 saturated carbocycles. The molecule has 0 aliphatic carbocycles. The molecule has 0 radical (unpaired) electrons. The second-order valence-electron chi connectivity index (χ2n) is 5.05. The third kappa shape index (κ3) is 2.23. The summed E-state index contributed by atoms with van der Waals surface area (Å²) in [5.41, 5.74) is 3.41. The lowest BCUT2D eigenvalue weighted by atomic mass is 10.00. The topological polar surface area (TPSA) is 65.9 Å². The van der Waals surface area contributed by atoms with Gasteiger partial charge in [-0.15, -0.1) is 0 Å². The van der Waals surface area contributed by atoms with Crippen molar-refractivity contribution >= 4 is 16.7 Å². The van der Waals surface area contributed by atoms with Gasteiger partial charge in [0.25, 0.3) is 0 Å². The number of fused-ring (bicyclic) bond motifs is 1. The van der Waals surface area contributed by atoms with E-state index in [1.807, 2.05) is 13.0 Å². The molecule has 1 heterocycles. The highest BCUT2D eigenvalue weighted by Crippen LogP contribution is 2.26. The van der Waals surface area contributed by atoms with Gasteiger partial charge in [-0.1, -0.05) is 6.07 Å². The molecule has 0 spiro atoms. The molecule has 0 bridgehead atoms. The number of nitriles is 1. The van der Waals surface area contributed by atoms with E-state index in [4.69, 9.17) is 10.00 Å². The first-order chi connectivity index (χ1) is 10.6. The number of hydrogen-bond acceptors (Lipinski definition) is 3. The number of carbonyl (C=O) groups is 1. The molecule has 0 fully saturated rings. The average Bonchev–Trinajstić information content (AvgIpc) is 2.89. The molecule has 1 N–H and O–H groups in total. The Kier molecular flexibility index (Phi) is 3.40. The Hall–Kier alpha value is -3.06. The first-order valence-corrected chi connectivity index (χ1v) is 6.85. The molecule has 0 unspecified atom stereocenters. The fraction of sp³-hybridized carbons (Fsp3) is 0.111. The number of benzene rings is 2. The predicted molar refractivity (Wildman–Crippen MR) is 84.2 cm³/mol. The second-order valence-corrected chi connectivity index (χ2v) is 5.05. The molecule has 4 nitrogen and oxygen atoms in total. The van der Waals surface area contributed by atoms with E-state index in [2.05, 4.69) is 11.1 Å². The second kappa shape index (κ2) is 5.38. The van der Waals surface area contributed by atoms with Crippen molar-refractivity contribution in [2.24, 2.45) is 0 Å². The van der Waals surface area contributed by atoms with Gasteiger partial charge in [-0.3, -0.25) is 4.79 Å². The van der Waals surface area contributed by atoms with Crippen molar-refractivity contribution in [3.8, 4) is 11.8 Å².